The minimum absolute atomic E-state index is 0.298. The van der Waals surface area contributed by atoms with Crippen molar-refractivity contribution in [3.63, 3.8) is 0 Å². The van der Waals surface area contributed by atoms with Gasteiger partial charge in [-0.25, -0.2) is 0 Å². The summed E-state index contributed by atoms with van der Waals surface area (Å²) in [4.78, 5) is 0. The van der Waals surface area contributed by atoms with Gasteiger partial charge >= 0.3 is 0 Å². The predicted octanol–water partition coefficient (Wildman–Crippen LogP) is 5.09. The Labute approximate surface area is 167 Å². The summed E-state index contributed by atoms with van der Waals surface area (Å²) in [6.07, 6.45) is 11.1. The van der Waals surface area contributed by atoms with Gasteiger partial charge < -0.3 is 20.1 Å². The van der Waals surface area contributed by atoms with Crippen LogP contribution in [0.4, 0.5) is 5.69 Å². The molecule has 4 aliphatic carbocycles. The Morgan fingerprint density at radius 1 is 1.11 bits per heavy atom. The van der Waals surface area contributed by atoms with Crippen LogP contribution in [0.25, 0.3) is 0 Å². The lowest BCUT2D eigenvalue weighted by Gasteiger charge is -2.59. The zero-order valence-corrected chi connectivity index (χ0v) is 16.9. The molecule has 1 heterocycles. The van der Waals surface area contributed by atoms with E-state index in [0.29, 0.717) is 18.2 Å². The van der Waals surface area contributed by atoms with E-state index in [-0.39, 0.29) is 0 Å². The minimum Gasteiger partial charge on any atom is -0.454 e. The predicted molar refractivity (Wildman–Crippen MR) is 111 cm³/mol. The molecule has 4 bridgehead atoms. The van der Waals surface area contributed by atoms with Gasteiger partial charge in [0.25, 0.3) is 0 Å². The molecule has 5 aliphatic rings. The number of fused-ring (bicyclic) bond motifs is 1. The molecule has 6 rings (SSSR count). The molecule has 0 saturated heterocycles. The highest BCUT2D eigenvalue weighted by atomic mass is 32.1. The number of thiocarbonyl (C=S) groups is 1. The van der Waals surface area contributed by atoms with Gasteiger partial charge in [0.1, 0.15) is 0 Å². The fourth-order valence-electron chi connectivity index (χ4n) is 6.72. The molecule has 146 valence electrons. The first-order valence-corrected chi connectivity index (χ1v) is 11.0. The number of nitrogens with one attached hydrogen (secondary N) is 2. The van der Waals surface area contributed by atoms with Crippen LogP contribution in [0.15, 0.2) is 18.2 Å². The number of hydrogen-bond acceptors (Lipinski definition) is 3. The number of rotatable bonds is 5. The molecule has 0 aromatic heterocycles. The van der Waals surface area contributed by atoms with E-state index in [4.69, 9.17) is 21.7 Å². The van der Waals surface area contributed by atoms with Crippen LogP contribution in [0.1, 0.15) is 58.3 Å². The molecule has 1 aromatic carbocycles. The van der Waals surface area contributed by atoms with Gasteiger partial charge in [-0.2, -0.15) is 0 Å². The molecule has 5 heteroatoms. The average molecular weight is 387 g/mol. The Morgan fingerprint density at radius 3 is 2.44 bits per heavy atom. The summed E-state index contributed by atoms with van der Waals surface area (Å²) in [6.45, 7) is 2.59. The van der Waals surface area contributed by atoms with Crippen LogP contribution in [0, 0.1) is 23.2 Å². The monoisotopic (exact) mass is 386 g/mol. The summed E-state index contributed by atoms with van der Waals surface area (Å²) < 4.78 is 10.9. The van der Waals surface area contributed by atoms with Crippen LogP contribution < -0.4 is 20.1 Å². The minimum atomic E-state index is 0.298. The summed E-state index contributed by atoms with van der Waals surface area (Å²) in [5.74, 6) is 4.49. The van der Waals surface area contributed by atoms with Gasteiger partial charge in [-0.3, -0.25) is 0 Å². The topological polar surface area (TPSA) is 42.5 Å². The summed E-state index contributed by atoms with van der Waals surface area (Å²) >= 11 is 5.72. The molecule has 4 fully saturated rings. The van der Waals surface area contributed by atoms with Gasteiger partial charge in [-0.1, -0.05) is 13.3 Å². The van der Waals surface area contributed by atoms with Gasteiger partial charge in [0, 0.05) is 17.8 Å². The first-order valence-electron chi connectivity index (χ1n) is 10.6. The molecule has 4 saturated carbocycles. The van der Waals surface area contributed by atoms with Crippen molar-refractivity contribution in [2.75, 3.05) is 12.1 Å². The summed E-state index contributed by atoms with van der Waals surface area (Å²) in [5, 5.41) is 7.86. The Balaban J connectivity index is 1.29. The molecule has 1 atom stereocenters. The van der Waals surface area contributed by atoms with E-state index in [1.807, 2.05) is 18.2 Å². The second-order valence-corrected chi connectivity index (χ2v) is 9.70. The lowest BCUT2D eigenvalue weighted by molar-refractivity contribution is -0.0718. The highest BCUT2D eigenvalue weighted by Gasteiger charge is 2.54. The van der Waals surface area contributed by atoms with Gasteiger partial charge in [0.05, 0.1) is 0 Å². The van der Waals surface area contributed by atoms with E-state index < -0.39 is 0 Å². The van der Waals surface area contributed by atoms with Crippen molar-refractivity contribution >= 4 is 23.0 Å². The number of hydrogen-bond donors (Lipinski definition) is 2. The largest absolute Gasteiger partial charge is 0.454 e. The maximum Gasteiger partial charge on any atom is 0.231 e. The number of benzene rings is 1. The Bertz CT molecular complexity index is 700. The van der Waals surface area contributed by atoms with Crippen LogP contribution in [0.5, 0.6) is 11.5 Å². The fraction of sp³-hybridized carbons (Fsp3) is 0.682. The summed E-state index contributed by atoms with van der Waals surface area (Å²) in [6, 6.07) is 6.40. The van der Waals surface area contributed by atoms with E-state index in [0.717, 1.165) is 40.1 Å². The molecule has 2 N–H and O–H groups in total. The normalized spacial score (nSPS) is 33.7. The van der Waals surface area contributed by atoms with Crippen molar-refractivity contribution in [3.05, 3.63) is 18.2 Å². The van der Waals surface area contributed by atoms with Crippen LogP contribution in [-0.2, 0) is 0 Å². The molecule has 0 spiro atoms. The third-order valence-electron chi connectivity index (χ3n) is 7.34. The molecule has 1 aliphatic heterocycles. The molecule has 0 amide bonds. The van der Waals surface area contributed by atoms with Crippen molar-refractivity contribution in [2.45, 2.75) is 64.3 Å². The van der Waals surface area contributed by atoms with Gasteiger partial charge in [-0.15, -0.1) is 0 Å². The van der Waals surface area contributed by atoms with Crippen LogP contribution in [0.3, 0.4) is 0 Å². The maximum absolute atomic E-state index is 5.72. The van der Waals surface area contributed by atoms with Crippen molar-refractivity contribution < 1.29 is 9.47 Å². The third-order valence-corrected chi connectivity index (χ3v) is 7.56. The lowest BCUT2D eigenvalue weighted by Crippen LogP contribution is -2.57. The SMILES string of the molecule is CCC[C@H](NC(=S)Nc1ccc2c(c1)OCO2)C12CC3CC(CC(C3)C1)C2. The standard InChI is InChI=1S/C22H30N2O2S/c1-2-3-20(22-10-14-6-15(11-22)8-16(7-14)12-22)24-21(27)23-17-4-5-18-19(9-17)26-13-25-18/h4-5,9,14-16,20H,2-3,6-8,10-13H2,1H3,(H2,23,24,27)/t14?,15?,16?,20-,22?/m0/s1. The molecule has 27 heavy (non-hydrogen) atoms. The lowest BCUT2D eigenvalue weighted by atomic mass is 9.47. The Morgan fingerprint density at radius 2 is 1.78 bits per heavy atom. The van der Waals surface area contributed by atoms with E-state index in [2.05, 4.69) is 17.6 Å². The fourth-order valence-corrected chi connectivity index (χ4v) is 6.98. The number of anilines is 1. The van der Waals surface area contributed by atoms with E-state index in [1.54, 1.807) is 0 Å². The van der Waals surface area contributed by atoms with Crippen LogP contribution in [0.2, 0.25) is 0 Å². The Hall–Kier alpha value is -1.49. The highest BCUT2D eigenvalue weighted by molar-refractivity contribution is 7.80. The zero-order valence-electron chi connectivity index (χ0n) is 16.1. The third kappa shape index (κ3) is 3.28. The van der Waals surface area contributed by atoms with Gasteiger partial charge in [0.2, 0.25) is 6.79 Å². The first kappa shape index (κ1) is 17.6. The summed E-state index contributed by atoms with van der Waals surface area (Å²) in [7, 11) is 0. The molecule has 0 radical (unpaired) electrons. The van der Waals surface area contributed by atoms with Crippen molar-refractivity contribution in [1.29, 1.82) is 0 Å². The summed E-state index contributed by atoms with van der Waals surface area (Å²) in [5.41, 5.74) is 1.42. The van der Waals surface area contributed by atoms with E-state index in [9.17, 15) is 0 Å². The van der Waals surface area contributed by atoms with Crippen molar-refractivity contribution in [1.82, 2.24) is 5.32 Å². The van der Waals surface area contributed by atoms with Gasteiger partial charge in [0.15, 0.2) is 16.6 Å². The van der Waals surface area contributed by atoms with Crippen LogP contribution >= 0.6 is 12.2 Å². The quantitative estimate of drug-likeness (QED) is 0.690. The molecular formula is C22H30N2O2S. The average Bonchev–Trinajstić information content (AvgIpc) is 3.08. The smallest absolute Gasteiger partial charge is 0.231 e. The molecule has 0 unspecified atom stereocenters. The molecule has 4 nitrogen and oxygen atoms in total. The van der Waals surface area contributed by atoms with Crippen molar-refractivity contribution in [3.8, 4) is 11.5 Å². The zero-order chi connectivity index (χ0) is 18.4. The molecular weight excluding hydrogens is 356 g/mol. The van der Waals surface area contributed by atoms with E-state index >= 15 is 0 Å². The highest BCUT2D eigenvalue weighted by Crippen LogP contribution is 2.61. The second kappa shape index (κ2) is 6.84. The van der Waals surface area contributed by atoms with Gasteiger partial charge in [-0.05, 0) is 92.5 Å². The van der Waals surface area contributed by atoms with Crippen LogP contribution in [-0.4, -0.2) is 17.9 Å². The second-order valence-electron chi connectivity index (χ2n) is 9.29. The number of ether oxygens (including phenoxy) is 2. The maximum atomic E-state index is 5.72. The molecule has 1 aromatic rings. The first-order chi connectivity index (χ1) is 13.1. The Kier molecular flexibility index (Phi) is 4.46. The van der Waals surface area contributed by atoms with Crippen molar-refractivity contribution in [2.24, 2.45) is 23.2 Å². The van der Waals surface area contributed by atoms with E-state index in [1.165, 1.54) is 51.4 Å².